The highest BCUT2D eigenvalue weighted by atomic mass is 16.5. The summed E-state index contributed by atoms with van der Waals surface area (Å²) in [7, 11) is 0. The van der Waals surface area contributed by atoms with E-state index in [-0.39, 0.29) is 0 Å². The van der Waals surface area contributed by atoms with Gasteiger partial charge in [0.1, 0.15) is 0 Å². The van der Waals surface area contributed by atoms with Crippen molar-refractivity contribution in [2.75, 3.05) is 36.5 Å². The molecule has 1 fully saturated rings. The number of para-hydroxylation sites is 1. The van der Waals surface area contributed by atoms with E-state index < -0.39 is 0 Å². The maximum atomic E-state index is 6.14. The number of nitrogens with one attached hydrogen (secondary N) is 1. The van der Waals surface area contributed by atoms with Gasteiger partial charge in [0.15, 0.2) is 17.5 Å². The van der Waals surface area contributed by atoms with Gasteiger partial charge in [0.25, 0.3) is 0 Å². The lowest BCUT2D eigenvalue weighted by Crippen LogP contribution is -2.30. The van der Waals surface area contributed by atoms with Crippen LogP contribution in [-0.2, 0) is 6.54 Å². The van der Waals surface area contributed by atoms with Gasteiger partial charge in [-0.2, -0.15) is 0 Å². The summed E-state index contributed by atoms with van der Waals surface area (Å²) < 4.78 is 11.4. The smallest absolute Gasteiger partial charge is 0.193 e. The zero-order chi connectivity index (χ0) is 19.2. The van der Waals surface area contributed by atoms with E-state index in [2.05, 4.69) is 39.5 Å². The van der Waals surface area contributed by atoms with Crippen LogP contribution in [-0.4, -0.2) is 32.3 Å². The maximum absolute atomic E-state index is 6.14. The molecule has 4 rings (SSSR count). The number of benzene rings is 2. The van der Waals surface area contributed by atoms with E-state index in [1.54, 1.807) is 0 Å². The Kier molecular flexibility index (Phi) is 5.85. The number of hydrogen-bond acceptors (Lipinski definition) is 4. The molecule has 0 bridgehead atoms. The molecule has 0 unspecified atom stereocenters. The number of aliphatic imine (C=N–C) groups is 1. The highest BCUT2D eigenvalue weighted by Crippen LogP contribution is 2.32. The van der Waals surface area contributed by atoms with Gasteiger partial charge in [-0.25, -0.2) is 4.99 Å². The first-order valence-electron chi connectivity index (χ1n) is 10.1. The molecule has 3 N–H and O–H groups in total. The third-order valence-electron chi connectivity index (χ3n) is 5.13. The number of nitrogens with two attached hydrogens (primary N) is 1. The Hall–Kier alpha value is -2.89. The number of rotatable bonds is 4. The Morgan fingerprint density at radius 2 is 1.75 bits per heavy atom. The average Bonchev–Trinajstić information content (AvgIpc) is 2.98. The van der Waals surface area contributed by atoms with Gasteiger partial charge < -0.3 is 25.4 Å². The van der Waals surface area contributed by atoms with Crippen LogP contribution in [0.15, 0.2) is 47.5 Å². The molecule has 6 heteroatoms. The molecule has 2 aromatic carbocycles. The summed E-state index contributed by atoms with van der Waals surface area (Å²) in [6.07, 6.45) is 4.72. The van der Waals surface area contributed by atoms with Gasteiger partial charge in [-0.3, -0.25) is 0 Å². The molecule has 0 aliphatic carbocycles. The van der Waals surface area contributed by atoms with Gasteiger partial charge in [0.05, 0.1) is 19.8 Å². The Morgan fingerprint density at radius 1 is 0.964 bits per heavy atom. The number of anilines is 2. The SMILES string of the molecule is NC(=NCc1ccccc1N1CCCCC1)Nc1ccc2c(c1)OCCCO2. The normalized spacial score (nSPS) is 17.1. The van der Waals surface area contributed by atoms with Crippen LogP contribution in [0.4, 0.5) is 11.4 Å². The minimum atomic E-state index is 0.392. The van der Waals surface area contributed by atoms with Crippen LogP contribution in [0.1, 0.15) is 31.2 Å². The van der Waals surface area contributed by atoms with Gasteiger partial charge in [0.2, 0.25) is 0 Å². The number of guanidine groups is 1. The van der Waals surface area contributed by atoms with Crippen LogP contribution in [0.25, 0.3) is 0 Å². The molecule has 0 radical (unpaired) electrons. The molecule has 6 nitrogen and oxygen atoms in total. The number of hydrogen-bond donors (Lipinski definition) is 2. The van der Waals surface area contributed by atoms with Gasteiger partial charge >= 0.3 is 0 Å². The van der Waals surface area contributed by atoms with Gasteiger partial charge in [-0.1, -0.05) is 18.2 Å². The van der Waals surface area contributed by atoms with Crippen molar-refractivity contribution in [3.8, 4) is 11.5 Å². The van der Waals surface area contributed by atoms with Crippen molar-refractivity contribution in [2.45, 2.75) is 32.2 Å². The van der Waals surface area contributed by atoms with E-state index in [4.69, 9.17) is 15.2 Å². The lowest BCUT2D eigenvalue weighted by molar-refractivity contribution is 0.297. The minimum Gasteiger partial charge on any atom is -0.490 e. The number of fused-ring (bicyclic) bond motifs is 1. The minimum absolute atomic E-state index is 0.392. The van der Waals surface area contributed by atoms with Crippen molar-refractivity contribution < 1.29 is 9.47 Å². The highest BCUT2D eigenvalue weighted by Gasteiger charge is 2.14. The highest BCUT2D eigenvalue weighted by molar-refractivity contribution is 5.92. The largest absolute Gasteiger partial charge is 0.490 e. The molecule has 2 heterocycles. The number of nitrogens with zero attached hydrogens (tertiary/aromatic N) is 2. The van der Waals surface area contributed by atoms with E-state index in [1.807, 2.05) is 18.2 Å². The Balaban J connectivity index is 1.43. The van der Waals surface area contributed by atoms with E-state index >= 15 is 0 Å². The summed E-state index contributed by atoms with van der Waals surface area (Å²) >= 11 is 0. The summed E-state index contributed by atoms with van der Waals surface area (Å²) in [4.78, 5) is 7.02. The third kappa shape index (κ3) is 4.50. The standard InChI is InChI=1S/C22H28N4O2/c23-22(25-18-9-10-20-21(15-18)28-14-6-13-27-20)24-16-17-7-2-3-8-19(17)26-11-4-1-5-12-26/h2-3,7-10,15H,1,4-6,11-14,16H2,(H3,23,24,25). The molecule has 0 amide bonds. The fourth-order valence-electron chi connectivity index (χ4n) is 3.69. The quantitative estimate of drug-likeness (QED) is 0.624. The zero-order valence-corrected chi connectivity index (χ0v) is 16.2. The molecule has 0 spiro atoms. The first-order valence-corrected chi connectivity index (χ1v) is 10.1. The van der Waals surface area contributed by atoms with E-state index in [0.29, 0.717) is 25.7 Å². The van der Waals surface area contributed by atoms with Crippen molar-refractivity contribution in [1.29, 1.82) is 0 Å². The molecule has 148 valence electrons. The monoisotopic (exact) mass is 380 g/mol. The van der Waals surface area contributed by atoms with Crippen molar-refractivity contribution in [3.63, 3.8) is 0 Å². The third-order valence-corrected chi connectivity index (χ3v) is 5.13. The van der Waals surface area contributed by atoms with E-state index in [1.165, 1.54) is 30.5 Å². The average molecular weight is 380 g/mol. The van der Waals surface area contributed by atoms with Crippen LogP contribution in [0.5, 0.6) is 11.5 Å². The molecule has 0 aromatic heterocycles. The molecule has 0 saturated carbocycles. The molecule has 2 aliphatic heterocycles. The van der Waals surface area contributed by atoms with Crippen LogP contribution in [0, 0.1) is 0 Å². The number of ether oxygens (including phenoxy) is 2. The summed E-state index contributed by atoms with van der Waals surface area (Å²) in [5, 5.41) is 3.16. The number of piperidine rings is 1. The lowest BCUT2D eigenvalue weighted by Gasteiger charge is -2.30. The van der Waals surface area contributed by atoms with Crippen LogP contribution < -0.4 is 25.4 Å². The lowest BCUT2D eigenvalue weighted by atomic mass is 10.1. The van der Waals surface area contributed by atoms with Crippen LogP contribution >= 0.6 is 0 Å². The second-order valence-corrected chi connectivity index (χ2v) is 7.21. The van der Waals surface area contributed by atoms with Gasteiger partial charge in [-0.15, -0.1) is 0 Å². The molecule has 2 aliphatic rings. The predicted octanol–water partition coefficient (Wildman–Crippen LogP) is 3.77. The van der Waals surface area contributed by atoms with E-state index in [0.717, 1.165) is 36.7 Å². The molecular formula is C22H28N4O2. The fourth-order valence-corrected chi connectivity index (χ4v) is 3.69. The summed E-state index contributed by atoms with van der Waals surface area (Å²) in [6, 6.07) is 14.2. The molecular weight excluding hydrogens is 352 g/mol. The first kappa shape index (κ1) is 18.5. The Bertz CT molecular complexity index is 831. The van der Waals surface area contributed by atoms with Crippen molar-refractivity contribution in [2.24, 2.45) is 10.7 Å². The summed E-state index contributed by atoms with van der Waals surface area (Å²) in [6.45, 7) is 4.13. The van der Waals surface area contributed by atoms with Crippen LogP contribution in [0.3, 0.4) is 0 Å². The van der Waals surface area contributed by atoms with Crippen molar-refractivity contribution in [1.82, 2.24) is 0 Å². The van der Waals surface area contributed by atoms with Crippen molar-refractivity contribution in [3.05, 3.63) is 48.0 Å². The summed E-state index contributed by atoms with van der Waals surface area (Å²) in [5.41, 5.74) is 9.46. The second-order valence-electron chi connectivity index (χ2n) is 7.21. The van der Waals surface area contributed by atoms with Gasteiger partial charge in [0, 0.05) is 37.0 Å². The maximum Gasteiger partial charge on any atom is 0.193 e. The molecule has 28 heavy (non-hydrogen) atoms. The Morgan fingerprint density at radius 3 is 2.61 bits per heavy atom. The molecule has 1 saturated heterocycles. The Labute approximate surface area is 166 Å². The molecule has 0 atom stereocenters. The molecule has 2 aromatic rings. The zero-order valence-electron chi connectivity index (χ0n) is 16.2. The topological polar surface area (TPSA) is 72.1 Å². The predicted molar refractivity (Wildman–Crippen MR) is 114 cm³/mol. The van der Waals surface area contributed by atoms with E-state index in [9.17, 15) is 0 Å². The first-order chi connectivity index (χ1) is 13.8. The second kappa shape index (κ2) is 8.87. The van der Waals surface area contributed by atoms with Crippen LogP contribution in [0.2, 0.25) is 0 Å². The van der Waals surface area contributed by atoms with Gasteiger partial charge in [-0.05, 0) is 43.0 Å². The van der Waals surface area contributed by atoms with Crippen molar-refractivity contribution >= 4 is 17.3 Å². The fraction of sp³-hybridized carbons (Fsp3) is 0.409. The summed E-state index contributed by atoms with van der Waals surface area (Å²) in [5.74, 6) is 1.91.